The number of ether oxygens (including phenoxy) is 1. The van der Waals surface area contributed by atoms with E-state index in [4.69, 9.17) is 14.9 Å². The van der Waals surface area contributed by atoms with Gasteiger partial charge in [0.15, 0.2) is 0 Å². The first-order chi connectivity index (χ1) is 13.0. The first kappa shape index (κ1) is 16.4. The lowest BCUT2D eigenvalue weighted by Gasteiger charge is -2.21. The van der Waals surface area contributed by atoms with Crippen LogP contribution in [0.1, 0.15) is 22.9 Å². The molecule has 9 heteroatoms. The number of furan rings is 1. The zero-order chi connectivity index (χ0) is 19.1. The summed E-state index contributed by atoms with van der Waals surface area (Å²) in [5.74, 6) is 0.589. The third-order valence-electron chi connectivity index (χ3n) is 4.38. The van der Waals surface area contributed by atoms with Crippen molar-refractivity contribution in [3.05, 3.63) is 75.0 Å². The number of benzene rings is 1. The summed E-state index contributed by atoms with van der Waals surface area (Å²) in [5.41, 5.74) is 8.01. The Morgan fingerprint density at radius 3 is 2.93 bits per heavy atom. The maximum atomic E-state index is 11.0. The van der Waals surface area contributed by atoms with Gasteiger partial charge in [-0.3, -0.25) is 15.2 Å². The second-order valence-electron chi connectivity index (χ2n) is 6.00. The van der Waals surface area contributed by atoms with E-state index in [1.165, 1.54) is 12.1 Å². The fourth-order valence-electron chi connectivity index (χ4n) is 3.12. The summed E-state index contributed by atoms with van der Waals surface area (Å²) < 4.78 is 11.4. The van der Waals surface area contributed by atoms with Crippen LogP contribution in [0.25, 0.3) is 11.3 Å². The highest BCUT2D eigenvalue weighted by Crippen LogP contribution is 2.43. The van der Waals surface area contributed by atoms with Gasteiger partial charge in [-0.2, -0.15) is 5.26 Å². The average molecular weight is 363 g/mol. The molecule has 0 fully saturated rings. The van der Waals surface area contributed by atoms with Crippen LogP contribution >= 0.6 is 0 Å². The van der Waals surface area contributed by atoms with Crippen molar-refractivity contribution in [3.63, 3.8) is 0 Å². The fraction of sp³-hybridized carbons (Fsp3) is 0.111. The zero-order valence-corrected chi connectivity index (χ0v) is 14.1. The SMILES string of the molecule is Cc1[nH]nc2c1C(c1ccc(-c3cccc([N+](=O)[O-])c3)o1)C(C#N)=C(N)O2. The molecular formula is C18H13N5O4. The number of nitrogens with two attached hydrogens (primary N) is 1. The minimum Gasteiger partial charge on any atom is -0.460 e. The van der Waals surface area contributed by atoms with Gasteiger partial charge in [-0.1, -0.05) is 12.1 Å². The number of aryl methyl sites for hydroxylation is 1. The van der Waals surface area contributed by atoms with Crippen LogP contribution in [0.15, 0.2) is 52.3 Å². The van der Waals surface area contributed by atoms with Gasteiger partial charge in [0.05, 0.1) is 16.4 Å². The van der Waals surface area contributed by atoms with Crippen LogP contribution in [0.4, 0.5) is 5.69 Å². The number of nitrogens with zero attached hydrogens (tertiary/aromatic N) is 3. The van der Waals surface area contributed by atoms with Crippen molar-refractivity contribution in [3.8, 4) is 23.3 Å². The van der Waals surface area contributed by atoms with Crippen molar-refractivity contribution < 1.29 is 14.1 Å². The first-order valence-electron chi connectivity index (χ1n) is 7.96. The number of nitro groups is 1. The normalized spacial score (nSPS) is 15.8. The molecule has 3 heterocycles. The summed E-state index contributed by atoms with van der Waals surface area (Å²) >= 11 is 0. The van der Waals surface area contributed by atoms with Crippen LogP contribution in [0, 0.1) is 28.4 Å². The standard InChI is InChI=1S/C18H13N5O4/c1-9-15-16(12(8-19)17(20)27-18(15)22-21-9)14-6-5-13(26-14)10-3-2-4-11(7-10)23(24)25/h2-7,16H,20H2,1H3,(H,21,22). The van der Waals surface area contributed by atoms with Gasteiger partial charge >= 0.3 is 0 Å². The molecule has 0 aliphatic carbocycles. The van der Waals surface area contributed by atoms with E-state index in [0.29, 0.717) is 28.5 Å². The van der Waals surface area contributed by atoms with Crippen molar-refractivity contribution in [2.45, 2.75) is 12.8 Å². The molecule has 3 aromatic rings. The van der Waals surface area contributed by atoms with E-state index in [2.05, 4.69) is 16.3 Å². The third kappa shape index (κ3) is 2.60. The number of hydrogen-bond acceptors (Lipinski definition) is 7. The molecule has 134 valence electrons. The first-order valence-corrected chi connectivity index (χ1v) is 7.96. The van der Waals surface area contributed by atoms with E-state index < -0.39 is 10.8 Å². The zero-order valence-electron chi connectivity index (χ0n) is 14.1. The molecule has 0 amide bonds. The minimum absolute atomic E-state index is 0.0326. The van der Waals surface area contributed by atoms with Crippen LogP contribution in [0.2, 0.25) is 0 Å². The quantitative estimate of drug-likeness (QED) is 0.537. The molecule has 1 aliphatic heterocycles. The number of rotatable bonds is 3. The molecule has 0 radical (unpaired) electrons. The number of H-pyrrole nitrogens is 1. The second kappa shape index (κ2) is 6.03. The number of allylic oxidation sites excluding steroid dienone is 1. The van der Waals surface area contributed by atoms with Crippen molar-refractivity contribution in [1.82, 2.24) is 10.2 Å². The summed E-state index contributed by atoms with van der Waals surface area (Å²) in [6.45, 7) is 1.81. The number of non-ortho nitro benzene ring substituents is 1. The van der Waals surface area contributed by atoms with Crippen molar-refractivity contribution >= 4 is 5.69 Å². The van der Waals surface area contributed by atoms with Gasteiger partial charge in [-0.15, -0.1) is 5.10 Å². The summed E-state index contributed by atoms with van der Waals surface area (Å²) in [7, 11) is 0. The van der Waals surface area contributed by atoms with E-state index in [0.717, 1.165) is 5.69 Å². The summed E-state index contributed by atoms with van der Waals surface area (Å²) in [4.78, 5) is 10.5. The Morgan fingerprint density at radius 2 is 2.19 bits per heavy atom. The van der Waals surface area contributed by atoms with E-state index in [9.17, 15) is 15.4 Å². The Kier molecular flexibility index (Phi) is 3.67. The van der Waals surface area contributed by atoms with E-state index in [1.54, 1.807) is 24.3 Å². The number of aromatic nitrogens is 2. The maximum Gasteiger partial charge on any atom is 0.270 e. The maximum absolute atomic E-state index is 11.0. The van der Waals surface area contributed by atoms with Gasteiger partial charge in [0, 0.05) is 23.4 Å². The van der Waals surface area contributed by atoms with Crippen LogP contribution in [0.3, 0.4) is 0 Å². The molecule has 1 aliphatic rings. The molecule has 0 saturated heterocycles. The molecule has 4 rings (SSSR count). The number of hydrogen-bond donors (Lipinski definition) is 2. The molecule has 0 saturated carbocycles. The largest absolute Gasteiger partial charge is 0.460 e. The summed E-state index contributed by atoms with van der Waals surface area (Å²) in [5, 5.41) is 27.4. The van der Waals surface area contributed by atoms with Gasteiger partial charge in [0.1, 0.15) is 23.2 Å². The monoisotopic (exact) mass is 363 g/mol. The molecule has 0 bridgehead atoms. The van der Waals surface area contributed by atoms with Crippen molar-refractivity contribution in [1.29, 1.82) is 5.26 Å². The van der Waals surface area contributed by atoms with Gasteiger partial charge in [-0.25, -0.2) is 0 Å². The lowest BCUT2D eigenvalue weighted by atomic mass is 9.88. The van der Waals surface area contributed by atoms with Gasteiger partial charge in [0.25, 0.3) is 5.69 Å². The predicted octanol–water partition coefficient (Wildman–Crippen LogP) is 3.10. The minimum atomic E-state index is -0.579. The molecule has 1 atom stereocenters. The highest BCUT2D eigenvalue weighted by molar-refractivity contribution is 5.62. The van der Waals surface area contributed by atoms with Crippen molar-refractivity contribution in [2.75, 3.05) is 0 Å². The highest BCUT2D eigenvalue weighted by atomic mass is 16.6. The smallest absolute Gasteiger partial charge is 0.270 e. The number of nitriles is 1. The number of aromatic amines is 1. The highest BCUT2D eigenvalue weighted by Gasteiger charge is 2.36. The number of nitro benzene ring substituents is 1. The van der Waals surface area contributed by atoms with Gasteiger partial charge in [0.2, 0.25) is 11.8 Å². The summed E-state index contributed by atoms with van der Waals surface area (Å²) in [6.07, 6.45) is 0. The number of fused-ring (bicyclic) bond motifs is 1. The topological polar surface area (TPSA) is 144 Å². The lowest BCUT2D eigenvalue weighted by molar-refractivity contribution is -0.384. The number of nitrogens with one attached hydrogen (secondary N) is 1. The summed E-state index contributed by atoms with van der Waals surface area (Å²) in [6, 6.07) is 11.6. The molecule has 3 N–H and O–H groups in total. The fourth-order valence-corrected chi connectivity index (χ4v) is 3.12. The predicted molar refractivity (Wildman–Crippen MR) is 93.4 cm³/mol. The van der Waals surface area contributed by atoms with Crippen LogP contribution in [-0.2, 0) is 0 Å². The second-order valence-corrected chi connectivity index (χ2v) is 6.00. The Bertz CT molecular complexity index is 1130. The Morgan fingerprint density at radius 1 is 1.37 bits per heavy atom. The van der Waals surface area contributed by atoms with Crippen LogP contribution < -0.4 is 10.5 Å². The van der Waals surface area contributed by atoms with Gasteiger partial charge < -0.3 is 14.9 Å². The van der Waals surface area contributed by atoms with E-state index in [-0.39, 0.29) is 17.1 Å². The van der Waals surface area contributed by atoms with Crippen LogP contribution in [-0.4, -0.2) is 15.1 Å². The Labute approximate surface area is 152 Å². The average Bonchev–Trinajstić information content (AvgIpc) is 3.28. The van der Waals surface area contributed by atoms with Crippen LogP contribution in [0.5, 0.6) is 5.88 Å². The van der Waals surface area contributed by atoms with Crippen molar-refractivity contribution in [2.24, 2.45) is 5.73 Å². The lowest BCUT2D eigenvalue weighted by Crippen LogP contribution is -2.20. The Hall–Kier alpha value is -4.06. The molecule has 1 unspecified atom stereocenters. The molecule has 0 spiro atoms. The molecule has 1 aromatic carbocycles. The van der Waals surface area contributed by atoms with E-state index >= 15 is 0 Å². The third-order valence-corrected chi connectivity index (χ3v) is 4.38. The van der Waals surface area contributed by atoms with E-state index in [1.807, 2.05) is 6.92 Å². The van der Waals surface area contributed by atoms with Gasteiger partial charge in [-0.05, 0) is 19.1 Å². The molecule has 2 aromatic heterocycles. The molecular weight excluding hydrogens is 350 g/mol. The molecule has 9 nitrogen and oxygen atoms in total. The molecule has 27 heavy (non-hydrogen) atoms. The Balaban J connectivity index is 1.81.